The Kier molecular flexibility index (Phi) is 4.04. The molecule has 3 rings (SSSR count). The van der Waals surface area contributed by atoms with E-state index < -0.39 is 0 Å². The molecule has 3 heteroatoms. The van der Waals surface area contributed by atoms with Gasteiger partial charge in [0.05, 0.1) is 12.2 Å². The highest BCUT2D eigenvalue weighted by Gasteiger charge is 2.28. The van der Waals surface area contributed by atoms with E-state index in [1.54, 1.807) is 0 Å². The molecule has 0 aromatic heterocycles. The predicted molar refractivity (Wildman–Crippen MR) is 75.6 cm³/mol. The number of ether oxygens (including phenoxy) is 2. The van der Waals surface area contributed by atoms with Gasteiger partial charge in [0.1, 0.15) is 12.4 Å². The molecule has 0 amide bonds. The van der Waals surface area contributed by atoms with Gasteiger partial charge in [-0.25, -0.2) is 0 Å². The fraction of sp³-hybridized carbons (Fsp3) is 0.625. The van der Waals surface area contributed by atoms with E-state index in [9.17, 15) is 0 Å². The van der Waals surface area contributed by atoms with E-state index in [1.165, 1.54) is 18.4 Å². The lowest BCUT2D eigenvalue weighted by atomic mass is 10.2. The minimum Gasteiger partial charge on any atom is -0.491 e. The second-order valence-corrected chi connectivity index (χ2v) is 5.77. The molecule has 2 atom stereocenters. The SMILES string of the molecule is Cc1cccc(OCC2CCC(CNC3CC3)O2)c1. The monoisotopic (exact) mass is 261 g/mol. The van der Waals surface area contributed by atoms with Crippen LogP contribution >= 0.6 is 0 Å². The molecular formula is C16H23NO2. The summed E-state index contributed by atoms with van der Waals surface area (Å²) in [6, 6.07) is 8.96. The van der Waals surface area contributed by atoms with Gasteiger partial charge in [0.25, 0.3) is 0 Å². The molecule has 0 radical (unpaired) electrons. The Morgan fingerprint density at radius 3 is 2.84 bits per heavy atom. The first kappa shape index (κ1) is 12.9. The number of rotatable bonds is 6. The van der Waals surface area contributed by atoms with E-state index in [-0.39, 0.29) is 6.10 Å². The van der Waals surface area contributed by atoms with Crippen LogP contribution in [0.1, 0.15) is 31.2 Å². The van der Waals surface area contributed by atoms with Crippen molar-refractivity contribution in [2.45, 2.75) is 50.9 Å². The van der Waals surface area contributed by atoms with Crippen LogP contribution in [-0.4, -0.2) is 31.4 Å². The maximum absolute atomic E-state index is 6.00. The molecule has 1 saturated heterocycles. The third-order valence-corrected chi connectivity index (χ3v) is 3.83. The molecule has 1 aromatic rings. The first-order chi connectivity index (χ1) is 9.29. The molecule has 0 spiro atoms. The highest BCUT2D eigenvalue weighted by atomic mass is 16.5. The third-order valence-electron chi connectivity index (χ3n) is 3.83. The quantitative estimate of drug-likeness (QED) is 0.854. The summed E-state index contributed by atoms with van der Waals surface area (Å²) in [6.45, 7) is 3.76. The zero-order chi connectivity index (χ0) is 13.1. The van der Waals surface area contributed by atoms with E-state index in [0.29, 0.717) is 12.7 Å². The van der Waals surface area contributed by atoms with E-state index in [2.05, 4.69) is 24.4 Å². The number of benzene rings is 1. The van der Waals surface area contributed by atoms with Crippen molar-refractivity contribution >= 4 is 0 Å². The Morgan fingerprint density at radius 1 is 1.21 bits per heavy atom. The summed E-state index contributed by atoms with van der Waals surface area (Å²) in [5, 5.41) is 3.53. The number of aryl methyl sites for hydroxylation is 1. The molecular weight excluding hydrogens is 238 g/mol. The van der Waals surface area contributed by atoms with Crippen LogP contribution in [0.15, 0.2) is 24.3 Å². The fourth-order valence-corrected chi connectivity index (χ4v) is 2.53. The van der Waals surface area contributed by atoms with Gasteiger partial charge in [-0.2, -0.15) is 0 Å². The lowest BCUT2D eigenvalue weighted by Gasteiger charge is -2.15. The highest BCUT2D eigenvalue weighted by Crippen LogP contribution is 2.23. The van der Waals surface area contributed by atoms with Gasteiger partial charge in [-0.1, -0.05) is 12.1 Å². The molecule has 2 fully saturated rings. The Bertz CT molecular complexity index is 417. The molecule has 1 saturated carbocycles. The smallest absolute Gasteiger partial charge is 0.119 e. The molecule has 104 valence electrons. The summed E-state index contributed by atoms with van der Waals surface area (Å²) < 4.78 is 11.8. The zero-order valence-corrected chi connectivity index (χ0v) is 11.6. The number of hydrogen-bond acceptors (Lipinski definition) is 3. The lowest BCUT2D eigenvalue weighted by Crippen LogP contribution is -2.29. The Morgan fingerprint density at radius 2 is 2.05 bits per heavy atom. The van der Waals surface area contributed by atoms with Crippen LogP contribution in [0.25, 0.3) is 0 Å². The molecule has 1 aromatic carbocycles. The van der Waals surface area contributed by atoms with Gasteiger partial charge in [-0.15, -0.1) is 0 Å². The minimum atomic E-state index is 0.256. The van der Waals surface area contributed by atoms with Gasteiger partial charge in [0.2, 0.25) is 0 Å². The van der Waals surface area contributed by atoms with Gasteiger partial charge < -0.3 is 14.8 Å². The summed E-state index contributed by atoms with van der Waals surface area (Å²) in [5.41, 5.74) is 1.23. The standard InChI is InChI=1S/C16H23NO2/c1-12-3-2-4-14(9-12)18-11-16-8-7-15(19-16)10-17-13-5-6-13/h2-4,9,13,15-17H,5-8,10-11H2,1H3. The minimum absolute atomic E-state index is 0.256. The van der Waals surface area contributed by atoms with Crippen molar-refractivity contribution in [2.24, 2.45) is 0 Å². The van der Waals surface area contributed by atoms with Crippen LogP contribution in [0.4, 0.5) is 0 Å². The fourth-order valence-electron chi connectivity index (χ4n) is 2.53. The van der Waals surface area contributed by atoms with Crippen LogP contribution in [0, 0.1) is 6.92 Å². The molecule has 2 aliphatic rings. The largest absolute Gasteiger partial charge is 0.491 e. The molecule has 1 heterocycles. The van der Waals surface area contributed by atoms with Gasteiger partial charge >= 0.3 is 0 Å². The number of hydrogen-bond donors (Lipinski definition) is 1. The summed E-state index contributed by atoms with van der Waals surface area (Å²) in [6.07, 6.45) is 5.59. The topological polar surface area (TPSA) is 30.5 Å². The van der Waals surface area contributed by atoms with Gasteiger partial charge in [-0.3, -0.25) is 0 Å². The Hall–Kier alpha value is -1.06. The van der Waals surface area contributed by atoms with E-state index in [4.69, 9.17) is 9.47 Å². The maximum Gasteiger partial charge on any atom is 0.119 e. The molecule has 1 N–H and O–H groups in total. The van der Waals surface area contributed by atoms with Crippen molar-refractivity contribution in [3.63, 3.8) is 0 Å². The van der Waals surface area contributed by atoms with Crippen LogP contribution in [-0.2, 0) is 4.74 Å². The van der Waals surface area contributed by atoms with E-state index in [0.717, 1.165) is 31.2 Å². The third kappa shape index (κ3) is 3.95. The second-order valence-electron chi connectivity index (χ2n) is 5.77. The molecule has 3 nitrogen and oxygen atoms in total. The summed E-state index contributed by atoms with van der Waals surface area (Å²) in [4.78, 5) is 0. The van der Waals surface area contributed by atoms with Crippen LogP contribution in [0.5, 0.6) is 5.75 Å². The van der Waals surface area contributed by atoms with Gasteiger partial charge in [0.15, 0.2) is 0 Å². The predicted octanol–water partition coefficient (Wildman–Crippen LogP) is 2.67. The summed E-state index contributed by atoms with van der Waals surface area (Å²) in [5.74, 6) is 0.947. The van der Waals surface area contributed by atoms with Crippen molar-refractivity contribution < 1.29 is 9.47 Å². The van der Waals surface area contributed by atoms with Crippen LogP contribution in [0.2, 0.25) is 0 Å². The normalized spacial score (nSPS) is 26.6. The van der Waals surface area contributed by atoms with Gasteiger partial charge in [-0.05, 0) is 50.3 Å². The van der Waals surface area contributed by atoms with Crippen LogP contribution < -0.4 is 10.1 Å². The first-order valence-corrected chi connectivity index (χ1v) is 7.38. The van der Waals surface area contributed by atoms with Crippen molar-refractivity contribution in [1.29, 1.82) is 0 Å². The average molecular weight is 261 g/mol. The molecule has 0 bridgehead atoms. The van der Waals surface area contributed by atoms with Crippen molar-refractivity contribution in [2.75, 3.05) is 13.2 Å². The Labute approximate surface area is 115 Å². The van der Waals surface area contributed by atoms with Crippen LogP contribution in [0.3, 0.4) is 0 Å². The second kappa shape index (κ2) is 5.93. The van der Waals surface area contributed by atoms with Crippen molar-refractivity contribution in [1.82, 2.24) is 5.32 Å². The first-order valence-electron chi connectivity index (χ1n) is 7.38. The summed E-state index contributed by atoms with van der Waals surface area (Å²) in [7, 11) is 0. The average Bonchev–Trinajstić information content (AvgIpc) is 3.13. The lowest BCUT2D eigenvalue weighted by molar-refractivity contribution is 0.0184. The van der Waals surface area contributed by atoms with E-state index in [1.807, 2.05) is 12.1 Å². The zero-order valence-electron chi connectivity index (χ0n) is 11.6. The molecule has 1 aliphatic carbocycles. The number of nitrogens with one attached hydrogen (secondary N) is 1. The van der Waals surface area contributed by atoms with E-state index >= 15 is 0 Å². The van der Waals surface area contributed by atoms with Gasteiger partial charge in [0, 0.05) is 12.6 Å². The molecule has 19 heavy (non-hydrogen) atoms. The molecule has 1 aliphatic heterocycles. The Balaban J connectivity index is 1.38. The van der Waals surface area contributed by atoms with Crippen molar-refractivity contribution in [3.8, 4) is 5.75 Å². The summed E-state index contributed by atoms with van der Waals surface area (Å²) >= 11 is 0. The maximum atomic E-state index is 6.00. The van der Waals surface area contributed by atoms with Crippen molar-refractivity contribution in [3.05, 3.63) is 29.8 Å². The molecule has 2 unspecified atom stereocenters. The highest BCUT2D eigenvalue weighted by molar-refractivity contribution is 5.27.